The summed E-state index contributed by atoms with van der Waals surface area (Å²) < 4.78 is 0. The highest BCUT2D eigenvalue weighted by atomic mass is 14.9. The van der Waals surface area contributed by atoms with Gasteiger partial charge in [0.25, 0.3) is 0 Å². The van der Waals surface area contributed by atoms with Crippen LogP contribution in [0.5, 0.6) is 0 Å². The fourth-order valence-electron chi connectivity index (χ4n) is 3.21. The van der Waals surface area contributed by atoms with Crippen molar-refractivity contribution in [3.8, 4) is 0 Å². The van der Waals surface area contributed by atoms with Crippen molar-refractivity contribution in [3.05, 3.63) is 34.9 Å². The standard InChI is InChI=1S/C17H25N/c1-12-4-3-5-13(2)17(12)10-14-6-7-15(14)11-18-16-8-9-16/h3-5,14-16,18H,6-11H2,1-2H3. The molecule has 18 heavy (non-hydrogen) atoms. The SMILES string of the molecule is Cc1cccc(C)c1CC1CCC1CNC1CC1. The zero-order valence-electron chi connectivity index (χ0n) is 11.7. The average molecular weight is 243 g/mol. The van der Waals surface area contributed by atoms with E-state index in [4.69, 9.17) is 0 Å². The molecular weight excluding hydrogens is 218 g/mol. The molecule has 0 aliphatic heterocycles. The summed E-state index contributed by atoms with van der Waals surface area (Å²) in [5.74, 6) is 1.86. The Morgan fingerprint density at radius 3 is 2.22 bits per heavy atom. The van der Waals surface area contributed by atoms with Gasteiger partial charge in [-0.1, -0.05) is 18.2 Å². The normalized spacial score (nSPS) is 27.0. The maximum absolute atomic E-state index is 3.70. The van der Waals surface area contributed by atoms with Gasteiger partial charge in [-0.15, -0.1) is 0 Å². The van der Waals surface area contributed by atoms with E-state index >= 15 is 0 Å². The molecule has 0 aromatic heterocycles. The van der Waals surface area contributed by atoms with Gasteiger partial charge in [-0.3, -0.25) is 0 Å². The Kier molecular flexibility index (Phi) is 3.43. The number of benzene rings is 1. The third-order valence-corrected chi connectivity index (χ3v) is 4.93. The number of nitrogens with one attached hydrogen (secondary N) is 1. The Balaban J connectivity index is 1.58. The molecule has 2 aliphatic carbocycles. The highest BCUT2D eigenvalue weighted by molar-refractivity contribution is 5.34. The van der Waals surface area contributed by atoms with Crippen molar-refractivity contribution in [2.75, 3.05) is 6.54 Å². The molecular formula is C17H25N. The highest BCUT2D eigenvalue weighted by Gasteiger charge is 2.32. The smallest absolute Gasteiger partial charge is 0.00683 e. The van der Waals surface area contributed by atoms with E-state index in [2.05, 4.69) is 37.4 Å². The monoisotopic (exact) mass is 243 g/mol. The van der Waals surface area contributed by atoms with E-state index < -0.39 is 0 Å². The molecule has 2 aliphatic rings. The summed E-state index contributed by atoms with van der Waals surface area (Å²) in [6.45, 7) is 5.79. The molecule has 1 aromatic rings. The van der Waals surface area contributed by atoms with Gasteiger partial charge in [0.15, 0.2) is 0 Å². The molecule has 0 bridgehead atoms. The molecule has 2 saturated carbocycles. The first-order valence-electron chi connectivity index (χ1n) is 7.52. The zero-order valence-corrected chi connectivity index (χ0v) is 11.7. The van der Waals surface area contributed by atoms with Crippen LogP contribution in [0.3, 0.4) is 0 Å². The van der Waals surface area contributed by atoms with Crippen LogP contribution in [0.2, 0.25) is 0 Å². The second kappa shape index (κ2) is 5.05. The van der Waals surface area contributed by atoms with E-state index in [9.17, 15) is 0 Å². The van der Waals surface area contributed by atoms with Gasteiger partial charge in [-0.2, -0.15) is 0 Å². The third-order valence-electron chi connectivity index (χ3n) is 4.93. The predicted octanol–water partition coefficient (Wildman–Crippen LogP) is 3.62. The molecule has 0 saturated heterocycles. The Morgan fingerprint density at radius 2 is 1.67 bits per heavy atom. The van der Waals surface area contributed by atoms with Gasteiger partial charge in [0.2, 0.25) is 0 Å². The van der Waals surface area contributed by atoms with Crippen molar-refractivity contribution >= 4 is 0 Å². The fourth-order valence-corrected chi connectivity index (χ4v) is 3.21. The van der Waals surface area contributed by atoms with E-state index in [0.717, 1.165) is 17.9 Å². The van der Waals surface area contributed by atoms with E-state index in [0.29, 0.717) is 0 Å². The molecule has 98 valence electrons. The largest absolute Gasteiger partial charge is 0.314 e. The van der Waals surface area contributed by atoms with Gasteiger partial charge < -0.3 is 5.32 Å². The second-order valence-corrected chi connectivity index (χ2v) is 6.35. The molecule has 2 atom stereocenters. The summed E-state index contributed by atoms with van der Waals surface area (Å²) in [6.07, 6.45) is 7.00. The van der Waals surface area contributed by atoms with Crippen LogP contribution >= 0.6 is 0 Å². The molecule has 0 spiro atoms. The maximum atomic E-state index is 3.70. The van der Waals surface area contributed by atoms with E-state index in [1.165, 1.54) is 49.8 Å². The molecule has 1 heteroatoms. The summed E-state index contributed by atoms with van der Waals surface area (Å²) in [7, 11) is 0. The minimum atomic E-state index is 0.867. The summed E-state index contributed by atoms with van der Waals surface area (Å²) in [5, 5.41) is 3.70. The quantitative estimate of drug-likeness (QED) is 0.833. The van der Waals surface area contributed by atoms with Crippen LogP contribution in [0.4, 0.5) is 0 Å². The lowest BCUT2D eigenvalue weighted by atomic mass is 9.70. The summed E-state index contributed by atoms with van der Waals surface area (Å²) in [4.78, 5) is 0. The Bertz CT molecular complexity index is 399. The Morgan fingerprint density at radius 1 is 1.00 bits per heavy atom. The van der Waals surface area contributed by atoms with Crippen molar-refractivity contribution in [3.63, 3.8) is 0 Å². The van der Waals surface area contributed by atoms with E-state index in [1.807, 2.05) is 0 Å². The van der Waals surface area contributed by atoms with Crippen molar-refractivity contribution in [2.24, 2.45) is 11.8 Å². The van der Waals surface area contributed by atoms with Gasteiger partial charge >= 0.3 is 0 Å². The van der Waals surface area contributed by atoms with Crippen LogP contribution in [-0.4, -0.2) is 12.6 Å². The molecule has 1 aromatic carbocycles. The molecule has 0 heterocycles. The number of rotatable bonds is 5. The lowest BCUT2D eigenvalue weighted by molar-refractivity contribution is 0.170. The second-order valence-electron chi connectivity index (χ2n) is 6.35. The van der Waals surface area contributed by atoms with Gasteiger partial charge in [-0.25, -0.2) is 0 Å². The van der Waals surface area contributed by atoms with Crippen LogP contribution in [0.1, 0.15) is 42.4 Å². The first kappa shape index (κ1) is 12.2. The maximum Gasteiger partial charge on any atom is 0.00683 e. The molecule has 1 N–H and O–H groups in total. The summed E-state index contributed by atoms with van der Waals surface area (Å²) in [6, 6.07) is 7.57. The van der Waals surface area contributed by atoms with Gasteiger partial charge in [0.1, 0.15) is 0 Å². The Labute approximate surface area is 111 Å². The lowest BCUT2D eigenvalue weighted by Crippen LogP contribution is -2.37. The average Bonchev–Trinajstić information content (AvgIpc) is 3.11. The van der Waals surface area contributed by atoms with Crippen LogP contribution in [0, 0.1) is 25.7 Å². The van der Waals surface area contributed by atoms with Crippen LogP contribution in [-0.2, 0) is 6.42 Å². The van der Waals surface area contributed by atoms with Crippen LogP contribution in [0.25, 0.3) is 0 Å². The van der Waals surface area contributed by atoms with Crippen molar-refractivity contribution in [1.82, 2.24) is 5.32 Å². The molecule has 2 fully saturated rings. The first-order chi connectivity index (χ1) is 8.74. The first-order valence-corrected chi connectivity index (χ1v) is 7.52. The predicted molar refractivity (Wildman–Crippen MR) is 76.9 cm³/mol. The zero-order chi connectivity index (χ0) is 12.5. The van der Waals surface area contributed by atoms with Gasteiger partial charge in [0.05, 0.1) is 0 Å². The molecule has 2 unspecified atom stereocenters. The summed E-state index contributed by atoms with van der Waals surface area (Å²) in [5.41, 5.74) is 4.57. The van der Waals surface area contributed by atoms with Gasteiger partial charge in [0, 0.05) is 6.04 Å². The number of hydrogen-bond donors (Lipinski definition) is 1. The molecule has 0 amide bonds. The van der Waals surface area contributed by atoms with Gasteiger partial charge in [-0.05, 0) is 81.0 Å². The van der Waals surface area contributed by atoms with Crippen molar-refractivity contribution in [2.45, 2.75) is 52.0 Å². The molecule has 3 rings (SSSR count). The lowest BCUT2D eigenvalue weighted by Gasteiger charge is -2.37. The fraction of sp³-hybridized carbons (Fsp3) is 0.647. The van der Waals surface area contributed by atoms with E-state index in [1.54, 1.807) is 5.56 Å². The third kappa shape index (κ3) is 2.61. The van der Waals surface area contributed by atoms with Crippen molar-refractivity contribution < 1.29 is 0 Å². The minimum Gasteiger partial charge on any atom is -0.314 e. The Hall–Kier alpha value is -0.820. The van der Waals surface area contributed by atoms with E-state index in [-0.39, 0.29) is 0 Å². The highest BCUT2D eigenvalue weighted by Crippen LogP contribution is 2.38. The number of hydrogen-bond acceptors (Lipinski definition) is 1. The summed E-state index contributed by atoms with van der Waals surface area (Å²) >= 11 is 0. The van der Waals surface area contributed by atoms with Crippen LogP contribution in [0.15, 0.2) is 18.2 Å². The topological polar surface area (TPSA) is 12.0 Å². The molecule has 1 nitrogen and oxygen atoms in total. The van der Waals surface area contributed by atoms with Crippen molar-refractivity contribution in [1.29, 1.82) is 0 Å². The molecule has 0 radical (unpaired) electrons. The minimum absolute atomic E-state index is 0.867. The van der Waals surface area contributed by atoms with Crippen LogP contribution < -0.4 is 5.32 Å². The number of aryl methyl sites for hydroxylation is 2.